The summed E-state index contributed by atoms with van der Waals surface area (Å²) >= 11 is 2.05. The summed E-state index contributed by atoms with van der Waals surface area (Å²) in [5.41, 5.74) is -0.0710. The number of methoxy groups -OCH3 is 1. The molecule has 0 radical (unpaired) electrons. The smallest absolute Gasteiger partial charge is 0.273 e. The Kier molecular flexibility index (Phi) is 7.38. The van der Waals surface area contributed by atoms with E-state index in [4.69, 9.17) is 9.47 Å². The first-order valence-electron chi connectivity index (χ1n) is 8.21. The van der Waals surface area contributed by atoms with Crippen LogP contribution in [0.4, 0.5) is 11.4 Å². The van der Waals surface area contributed by atoms with Crippen LogP contribution < -0.4 is 14.8 Å². The molecule has 1 amide bonds. The van der Waals surface area contributed by atoms with E-state index < -0.39 is 16.6 Å². The Balaban J connectivity index is 2.33. The number of carbonyl (C=O) groups is 1. The number of carbonyl (C=O) groups excluding carboxylic acids is 1. The number of nitro groups is 1. The zero-order valence-corrected chi connectivity index (χ0v) is 17.6. The topological polar surface area (TPSA) is 135 Å². The largest absolute Gasteiger partial charge is 0.506 e. The number of hydrogen-bond acceptors (Lipinski definition) is 7. The van der Waals surface area contributed by atoms with Crippen LogP contribution in [0.2, 0.25) is 0 Å². The fraction of sp³-hybridized carbons (Fsp3) is 0.158. The van der Waals surface area contributed by atoms with Gasteiger partial charge in [0.2, 0.25) is 0 Å². The second-order valence-electron chi connectivity index (χ2n) is 5.55. The fourth-order valence-electron chi connectivity index (χ4n) is 2.38. The van der Waals surface area contributed by atoms with Gasteiger partial charge in [-0.25, -0.2) is 0 Å². The summed E-state index contributed by atoms with van der Waals surface area (Å²) in [6.07, 6.45) is 1.36. The number of rotatable bonds is 7. The van der Waals surface area contributed by atoms with Gasteiger partial charge in [-0.15, -0.1) is 0 Å². The van der Waals surface area contributed by atoms with E-state index in [0.29, 0.717) is 23.7 Å². The van der Waals surface area contributed by atoms with Crippen LogP contribution in [0.25, 0.3) is 6.08 Å². The number of benzene rings is 2. The third-order valence-corrected chi connectivity index (χ3v) is 4.45. The molecule has 0 saturated carbocycles. The van der Waals surface area contributed by atoms with Gasteiger partial charge in [0.25, 0.3) is 11.6 Å². The molecule has 0 atom stereocenters. The van der Waals surface area contributed by atoms with Crippen molar-refractivity contribution in [2.75, 3.05) is 19.0 Å². The maximum absolute atomic E-state index is 12.4. The highest BCUT2D eigenvalue weighted by molar-refractivity contribution is 14.1. The first kappa shape index (κ1) is 22.0. The number of anilines is 1. The third kappa shape index (κ3) is 5.35. The van der Waals surface area contributed by atoms with Gasteiger partial charge in [-0.1, -0.05) is 0 Å². The van der Waals surface area contributed by atoms with Crippen molar-refractivity contribution >= 4 is 45.9 Å². The third-order valence-electron chi connectivity index (χ3n) is 3.65. The summed E-state index contributed by atoms with van der Waals surface area (Å²) in [7, 11) is 1.51. The number of aromatic hydroxyl groups is 1. The van der Waals surface area contributed by atoms with Crippen molar-refractivity contribution in [3.05, 3.63) is 55.2 Å². The molecule has 0 bridgehead atoms. The van der Waals surface area contributed by atoms with Crippen LogP contribution in [0.15, 0.2) is 35.9 Å². The number of halogens is 1. The van der Waals surface area contributed by atoms with Gasteiger partial charge < -0.3 is 19.9 Å². The van der Waals surface area contributed by atoms with Gasteiger partial charge in [0.1, 0.15) is 17.4 Å². The van der Waals surface area contributed by atoms with E-state index in [1.165, 1.54) is 19.3 Å². The highest BCUT2D eigenvalue weighted by Crippen LogP contribution is 2.34. The molecule has 2 N–H and O–H groups in total. The fourth-order valence-corrected chi connectivity index (χ4v) is 3.22. The molecular weight excluding hydrogens is 493 g/mol. The van der Waals surface area contributed by atoms with Crippen LogP contribution in [0.5, 0.6) is 17.2 Å². The van der Waals surface area contributed by atoms with Crippen LogP contribution in [0, 0.1) is 25.0 Å². The summed E-state index contributed by atoms with van der Waals surface area (Å²) in [5, 5.41) is 32.3. The molecule has 0 saturated heterocycles. The SMILES string of the molecule is CCOc1cc(C=C(C#N)C(=O)Nc2ccc([N+](=O)[O-])cc2O)cc(I)c1OC. The average Bonchev–Trinajstić information content (AvgIpc) is 2.67. The van der Waals surface area contributed by atoms with Crippen molar-refractivity contribution in [3.63, 3.8) is 0 Å². The van der Waals surface area contributed by atoms with E-state index in [-0.39, 0.29) is 16.9 Å². The molecule has 10 heteroatoms. The molecule has 0 aliphatic heterocycles. The van der Waals surface area contributed by atoms with Gasteiger partial charge in [-0.05, 0) is 59.4 Å². The predicted octanol–water partition coefficient (Wildman–Crippen LogP) is 3.86. The first-order chi connectivity index (χ1) is 13.8. The Hall–Kier alpha value is -3.33. The van der Waals surface area contributed by atoms with Gasteiger partial charge in [-0.3, -0.25) is 14.9 Å². The maximum Gasteiger partial charge on any atom is 0.273 e. The Labute approximate surface area is 179 Å². The minimum atomic E-state index is -0.777. The molecule has 0 spiro atoms. The zero-order chi connectivity index (χ0) is 21.6. The molecule has 0 fully saturated rings. The zero-order valence-electron chi connectivity index (χ0n) is 15.4. The summed E-state index contributed by atoms with van der Waals surface area (Å²) < 4.78 is 11.6. The molecule has 9 nitrogen and oxygen atoms in total. The molecule has 2 aromatic rings. The molecule has 150 valence electrons. The lowest BCUT2D eigenvalue weighted by Gasteiger charge is -2.12. The van der Waals surface area contributed by atoms with E-state index >= 15 is 0 Å². The van der Waals surface area contributed by atoms with Crippen LogP contribution in [0.3, 0.4) is 0 Å². The number of nitrogens with one attached hydrogen (secondary N) is 1. The molecule has 0 heterocycles. The lowest BCUT2D eigenvalue weighted by molar-refractivity contribution is -0.384. The van der Waals surface area contributed by atoms with Gasteiger partial charge >= 0.3 is 0 Å². The van der Waals surface area contributed by atoms with E-state index in [1.54, 1.807) is 18.2 Å². The molecule has 0 aliphatic carbocycles. The normalized spacial score (nSPS) is 10.8. The summed E-state index contributed by atoms with van der Waals surface area (Å²) in [6.45, 7) is 2.23. The Morgan fingerprint density at radius 2 is 2.14 bits per heavy atom. The second kappa shape index (κ2) is 9.74. The van der Waals surface area contributed by atoms with Crippen molar-refractivity contribution in [2.24, 2.45) is 0 Å². The van der Waals surface area contributed by atoms with Crippen molar-refractivity contribution in [3.8, 4) is 23.3 Å². The molecule has 0 aromatic heterocycles. The van der Waals surface area contributed by atoms with E-state index in [0.717, 1.165) is 15.7 Å². The molecule has 0 aliphatic rings. The van der Waals surface area contributed by atoms with Gasteiger partial charge in [0.15, 0.2) is 11.5 Å². The standard InChI is InChI=1S/C19H16IN3O6/c1-3-29-17-8-11(7-14(20)18(17)28-2)6-12(10-21)19(25)22-15-5-4-13(23(26)27)9-16(15)24/h4-9,24H,3H2,1-2H3,(H,22,25). The number of amides is 1. The van der Waals surface area contributed by atoms with Crippen LogP contribution >= 0.6 is 22.6 Å². The lowest BCUT2D eigenvalue weighted by Crippen LogP contribution is -2.13. The predicted molar refractivity (Wildman–Crippen MR) is 114 cm³/mol. The Morgan fingerprint density at radius 3 is 2.69 bits per heavy atom. The summed E-state index contributed by atoms with van der Waals surface area (Å²) in [5.74, 6) is -0.245. The van der Waals surface area contributed by atoms with E-state index in [9.17, 15) is 25.3 Å². The number of nitro benzene ring substituents is 1. The molecule has 2 aromatic carbocycles. The van der Waals surface area contributed by atoms with Gasteiger partial charge in [-0.2, -0.15) is 5.26 Å². The molecular formula is C19H16IN3O6. The number of phenolic OH excluding ortho intramolecular Hbond substituents is 1. The molecule has 2 rings (SSSR count). The average molecular weight is 509 g/mol. The second-order valence-corrected chi connectivity index (χ2v) is 6.71. The number of nitriles is 1. The van der Waals surface area contributed by atoms with Crippen molar-refractivity contribution < 1.29 is 24.3 Å². The maximum atomic E-state index is 12.4. The van der Waals surface area contributed by atoms with Crippen molar-refractivity contribution in [2.45, 2.75) is 6.92 Å². The molecule has 29 heavy (non-hydrogen) atoms. The number of phenols is 1. The summed E-state index contributed by atoms with van der Waals surface area (Å²) in [4.78, 5) is 22.5. The van der Waals surface area contributed by atoms with E-state index in [1.807, 2.05) is 6.92 Å². The van der Waals surface area contributed by atoms with Crippen LogP contribution in [0.1, 0.15) is 12.5 Å². The van der Waals surface area contributed by atoms with Crippen LogP contribution in [-0.4, -0.2) is 29.7 Å². The number of non-ortho nitro benzene ring substituents is 1. The van der Waals surface area contributed by atoms with Gasteiger partial charge in [0.05, 0.1) is 34.0 Å². The number of ether oxygens (including phenoxy) is 2. The Morgan fingerprint density at radius 1 is 1.41 bits per heavy atom. The molecule has 0 unspecified atom stereocenters. The first-order valence-corrected chi connectivity index (χ1v) is 9.29. The number of nitrogens with zero attached hydrogens (tertiary/aromatic N) is 2. The monoisotopic (exact) mass is 509 g/mol. The minimum absolute atomic E-state index is 0.0546. The van der Waals surface area contributed by atoms with E-state index in [2.05, 4.69) is 27.9 Å². The lowest BCUT2D eigenvalue weighted by atomic mass is 10.1. The van der Waals surface area contributed by atoms with Crippen LogP contribution in [-0.2, 0) is 4.79 Å². The van der Waals surface area contributed by atoms with Crippen molar-refractivity contribution in [1.82, 2.24) is 0 Å². The summed E-state index contributed by atoms with van der Waals surface area (Å²) in [6, 6.07) is 8.38. The minimum Gasteiger partial charge on any atom is -0.506 e. The number of hydrogen-bond donors (Lipinski definition) is 2. The van der Waals surface area contributed by atoms with Gasteiger partial charge in [0, 0.05) is 6.07 Å². The Bertz CT molecular complexity index is 1030. The highest BCUT2D eigenvalue weighted by atomic mass is 127. The quantitative estimate of drug-likeness (QED) is 0.145. The highest BCUT2D eigenvalue weighted by Gasteiger charge is 2.16. The van der Waals surface area contributed by atoms with Crippen molar-refractivity contribution in [1.29, 1.82) is 5.26 Å².